The number of benzene rings is 1. The van der Waals surface area contributed by atoms with E-state index < -0.39 is 0 Å². The third-order valence-electron chi connectivity index (χ3n) is 4.18. The average molecular weight is 356 g/mol. The minimum Gasteiger partial charge on any atom is -0.349 e. The Morgan fingerprint density at radius 1 is 1.40 bits per heavy atom. The van der Waals surface area contributed by atoms with Crippen molar-refractivity contribution >= 4 is 34.5 Å². The maximum atomic E-state index is 12.4. The molecule has 1 aromatic rings. The fourth-order valence-electron chi connectivity index (χ4n) is 3.03. The van der Waals surface area contributed by atoms with E-state index in [1.54, 1.807) is 0 Å². The Labute approximate surface area is 135 Å². The predicted molar refractivity (Wildman–Crippen MR) is 89.5 cm³/mol. The van der Waals surface area contributed by atoms with Crippen LogP contribution in [0.15, 0.2) is 27.6 Å². The molecule has 20 heavy (non-hydrogen) atoms. The monoisotopic (exact) mass is 355 g/mol. The smallest absolute Gasteiger partial charge is 0.252 e. The van der Waals surface area contributed by atoms with Crippen molar-refractivity contribution < 1.29 is 4.79 Å². The second kappa shape index (κ2) is 7.51. The molecule has 1 atom stereocenters. The van der Waals surface area contributed by atoms with E-state index in [0.717, 1.165) is 15.8 Å². The van der Waals surface area contributed by atoms with Gasteiger partial charge in [-0.2, -0.15) is 0 Å². The van der Waals surface area contributed by atoms with Gasteiger partial charge in [-0.1, -0.05) is 42.1 Å². The Bertz CT molecular complexity index is 472. The number of halogens is 1. The summed E-state index contributed by atoms with van der Waals surface area (Å²) < 4.78 is 0.943. The Morgan fingerprint density at radius 2 is 2.10 bits per heavy atom. The van der Waals surface area contributed by atoms with Crippen molar-refractivity contribution in [3.63, 3.8) is 0 Å². The van der Waals surface area contributed by atoms with E-state index in [1.807, 2.05) is 18.2 Å². The highest BCUT2D eigenvalue weighted by atomic mass is 79.9. The quantitative estimate of drug-likeness (QED) is 0.744. The Morgan fingerprint density at radius 3 is 2.70 bits per heavy atom. The molecule has 1 N–H and O–H groups in total. The molecule has 0 spiro atoms. The zero-order valence-corrected chi connectivity index (χ0v) is 14.3. The molecule has 0 aromatic heterocycles. The maximum Gasteiger partial charge on any atom is 0.252 e. The molecule has 110 valence electrons. The van der Waals surface area contributed by atoms with Crippen LogP contribution in [0.4, 0.5) is 0 Å². The summed E-state index contributed by atoms with van der Waals surface area (Å²) in [5, 5.41) is 3.21. The Kier molecular flexibility index (Phi) is 5.97. The van der Waals surface area contributed by atoms with Crippen LogP contribution < -0.4 is 5.32 Å². The maximum absolute atomic E-state index is 12.4. The summed E-state index contributed by atoms with van der Waals surface area (Å²) in [4.78, 5) is 13.1. The van der Waals surface area contributed by atoms with Gasteiger partial charge in [0.05, 0.1) is 5.56 Å². The van der Waals surface area contributed by atoms with Crippen LogP contribution in [0, 0.1) is 5.92 Å². The lowest BCUT2D eigenvalue weighted by Crippen LogP contribution is -2.40. The number of amides is 1. The summed E-state index contributed by atoms with van der Waals surface area (Å²) in [7, 11) is 0. The van der Waals surface area contributed by atoms with E-state index in [2.05, 4.69) is 40.8 Å². The van der Waals surface area contributed by atoms with Gasteiger partial charge in [0.1, 0.15) is 0 Å². The number of rotatable bonds is 4. The topological polar surface area (TPSA) is 29.1 Å². The van der Waals surface area contributed by atoms with Crippen LogP contribution in [0.1, 0.15) is 55.8 Å². The van der Waals surface area contributed by atoms with E-state index in [1.165, 1.54) is 32.1 Å². The van der Waals surface area contributed by atoms with Gasteiger partial charge in [0.2, 0.25) is 0 Å². The van der Waals surface area contributed by atoms with Gasteiger partial charge in [-0.25, -0.2) is 0 Å². The molecule has 0 bridgehead atoms. The van der Waals surface area contributed by atoms with Crippen molar-refractivity contribution in [2.24, 2.45) is 5.92 Å². The molecule has 1 aliphatic rings. The van der Waals surface area contributed by atoms with Crippen LogP contribution in [-0.2, 0) is 0 Å². The third kappa shape index (κ3) is 4.01. The van der Waals surface area contributed by atoms with Gasteiger partial charge < -0.3 is 5.32 Å². The molecule has 1 amide bonds. The minimum absolute atomic E-state index is 0.0000709. The van der Waals surface area contributed by atoms with E-state index in [-0.39, 0.29) is 5.91 Å². The predicted octanol–water partition coefficient (Wildman–Crippen LogP) is 4.83. The standard InChI is InChI=1S/C16H22BrNOS/c1-2-14(11-6-4-3-5-7-11)18-16(19)13-9-8-12(17)10-15(13)20/h8-11,14,20H,2-7H2,1H3,(H,18,19). The molecule has 0 radical (unpaired) electrons. The number of carbonyl (C=O) groups excluding carboxylic acids is 1. The van der Waals surface area contributed by atoms with Crippen molar-refractivity contribution in [2.75, 3.05) is 0 Å². The molecule has 1 unspecified atom stereocenters. The van der Waals surface area contributed by atoms with Crippen LogP contribution in [0.3, 0.4) is 0 Å². The SMILES string of the molecule is CCC(NC(=O)c1ccc(Br)cc1S)C1CCCCC1. The summed E-state index contributed by atoms with van der Waals surface area (Å²) in [5.41, 5.74) is 0.658. The first kappa shape index (κ1) is 15.9. The molecule has 0 heterocycles. The molecule has 1 saturated carbocycles. The highest BCUT2D eigenvalue weighted by molar-refractivity contribution is 9.10. The van der Waals surface area contributed by atoms with Gasteiger partial charge >= 0.3 is 0 Å². The Hall–Kier alpha value is -0.480. The minimum atomic E-state index is -0.0000709. The molecule has 1 aromatic carbocycles. The number of thiol groups is 1. The molecule has 0 aliphatic heterocycles. The fraction of sp³-hybridized carbons (Fsp3) is 0.562. The summed E-state index contributed by atoms with van der Waals surface area (Å²) in [6.45, 7) is 2.16. The van der Waals surface area contributed by atoms with E-state index in [4.69, 9.17) is 0 Å². The van der Waals surface area contributed by atoms with Crippen molar-refractivity contribution in [3.05, 3.63) is 28.2 Å². The van der Waals surface area contributed by atoms with Crippen LogP contribution in [0.2, 0.25) is 0 Å². The first-order valence-corrected chi connectivity index (χ1v) is 8.65. The summed E-state index contributed by atoms with van der Waals surface area (Å²) in [6, 6.07) is 5.87. The molecule has 0 saturated heterocycles. The van der Waals surface area contributed by atoms with Crippen molar-refractivity contribution in [1.82, 2.24) is 5.32 Å². The zero-order valence-electron chi connectivity index (χ0n) is 11.9. The lowest BCUT2D eigenvalue weighted by atomic mass is 9.83. The molecule has 1 fully saturated rings. The summed E-state index contributed by atoms with van der Waals surface area (Å²) >= 11 is 7.79. The molecule has 2 rings (SSSR count). The zero-order chi connectivity index (χ0) is 14.5. The van der Waals surface area contributed by atoms with Gasteiger partial charge in [0.25, 0.3) is 5.91 Å². The summed E-state index contributed by atoms with van der Waals surface area (Å²) in [6.07, 6.45) is 7.42. The lowest BCUT2D eigenvalue weighted by molar-refractivity contribution is 0.0908. The molecule has 2 nitrogen and oxygen atoms in total. The van der Waals surface area contributed by atoms with Crippen molar-refractivity contribution in [1.29, 1.82) is 0 Å². The molecule has 1 aliphatic carbocycles. The van der Waals surface area contributed by atoms with Crippen LogP contribution in [0.25, 0.3) is 0 Å². The van der Waals surface area contributed by atoms with Gasteiger partial charge in [-0.3, -0.25) is 4.79 Å². The second-order valence-electron chi connectivity index (χ2n) is 5.55. The average Bonchev–Trinajstić information content (AvgIpc) is 2.45. The second-order valence-corrected chi connectivity index (χ2v) is 6.95. The normalized spacial score (nSPS) is 17.8. The van der Waals surface area contributed by atoms with Crippen molar-refractivity contribution in [3.8, 4) is 0 Å². The van der Waals surface area contributed by atoms with Gasteiger partial charge in [-0.05, 0) is 43.4 Å². The third-order valence-corrected chi connectivity index (χ3v) is 5.04. The summed E-state index contributed by atoms with van der Waals surface area (Å²) in [5.74, 6) is 0.636. The van der Waals surface area contributed by atoms with Gasteiger partial charge in [0.15, 0.2) is 0 Å². The van der Waals surface area contributed by atoms with Gasteiger partial charge in [0, 0.05) is 15.4 Å². The highest BCUT2D eigenvalue weighted by Crippen LogP contribution is 2.28. The lowest BCUT2D eigenvalue weighted by Gasteiger charge is -2.30. The largest absolute Gasteiger partial charge is 0.349 e. The van der Waals surface area contributed by atoms with Crippen LogP contribution in [-0.4, -0.2) is 11.9 Å². The van der Waals surface area contributed by atoms with Gasteiger partial charge in [-0.15, -0.1) is 12.6 Å². The van der Waals surface area contributed by atoms with Crippen LogP contribution in [0.5, 0.6) is 0 Å². The number of hydrogen-bond acceptors (Lipinski definition) is 2. The molecule has 4 heteroatoms. The van der Waals surface area contributed by atoms with Crippen LogP contribution >= 0.6 is 28.6 Å². The first-order valence-electron chi connectivity index (χ1n) is 7.41. The Balaban J connectivity index is 2.04. The van der Waals surface area contributed by atoms with E-state index in [0.29, 0.717) is 17.5 Å². The number of hydrogen-bond donors (Lipinski definition) is 2. The first-order chi connectivity index (χ1) is 9.61. The number of nitrogens with one attached hydrogen (secondary N) is 1. The van der Waals surface area contributed by atoms with E-state index in [9.17, 15) is 4.79 Å². The molecular weight excluding hydrogens is 334 g/mol. The van der Waals surface area contributed by atoms with Crippen molar-refractivity contribution in [2.45, 2.75) is 56.4 Å². The van der Waals surface area contributed by atoms with E-state index >= 15 is 0 Å². The fourth-order valence-corrected chi connectivity index (χ4v) is 3.89. The highest BCUT2D eigenvalue weighted by Gasteiger charge is 2.24. The number of carbonyl (C=O) groups is 1. The molecular formula is C16H22BrNOS.